The molecule has 4 rings (SSSR count). The van der Waals surface area contributed by atoms with Crippen molar-refractivity contribution in [2.45, 2.75) is 13.8 Å². The molecule has 0 amide bonds. The summed E-state index contributed by atoms with van der Waals surface area (Å²) in [6, 6.07) is 14.9. The van der Waals surface area contributed by atoms with E-state index in [1.54, 1.807) is 24.3 Å². The molecule has 2 heterocycles. The third kappa shape index (κ3) is 3.37. The van der Waals surface area contributed by atoms with E-state index in [1.165, 1.54) is 22.8 Å². The zero-order valence-corrected chi connectivity index (χ0v) is 15.5. The van der Waals surface area contributed by atoms with E-state index in [0.717, 1.165) is 11.1 Å². The summed E-state index contributed by atoms with van der Waals surface area (Å²) in [4.78, 5) is 28.9. The number of benzene rings is 2. The van der Waals surface area contributed by atoms with E-state index in [9.17, 15) is 9.59 Å². The van der Waals surface area contributed by atoms with Crippen molar-refractivity contribution in [1.29, 1.82) is 0 Å². The van der Waals surface area contributed by atoms with Crippen molar-refractivity contribution >= 4 is 28.3 Å². The Bertz CT molecular complexity index is 1260. The summed E-state index contributed by atoms with van der Waals surface area (Å²) < 4.78 is 7.05. The van der Waals surface area contributed by atoms with E-state index in [1.807, 2.05) is 37.3 Å². The number of fused-ring (bicyclic) bond motifs is 1. The average Bonchev–Trinajstić information content (AvgIpc) is 3.17. The SMILES string of the molecule is CC(=O)Oc1ccccc1-c1nc2sc(=Cc3ccc(C)cc3)c(=O)n2n1. The van der Waals surface area contributed by atoms with Gasteiger partial charge in [0.25, 0.3) is 5.56 Å². The van der Waals surface area contributed by atoms with Crippen LogP contribution in [0.15, 0.2) is 53.3 Å². The summed E-state index contributed by atoms with van der Waals surface area (Å²) >= 11 is 1.27. The molecule has 2 aromatic carbocycles. The van der Waals surface area contributed by atoms with E-state index in [4.69, 9.17) is 4.74 Å². The van der Waals surface area contributed by atoms with Gasteiger partial charge in [0.15, 0.2) is 5.82 Å². The third-order valence-corrected chi connectivity index (χ3v) is 4.90. The highest BCUT2D eigenvalue weighted by Crippen LogP contribution is 2.27. The lowest BCUT2D eigenvalue weighted by Crippen LogP contribution is -2.23. The largest absolute Gasteiger partial charge is 0.426 e. The molecule has 0 N–H and O–H groups in total. The van der Waals surface area contributed by atoms with Gasteiger partial charge < -0.3 is 4.74 Å². The minimum Gasteiger partial charge on any atom is -0.426 e. The molecule has 0 aliphatic heterocycles. The van der Waals surface area contributed by atoms with Crippen LogP contribution in [0.2, 0.25) is 0 Å². The lowest BCUT2D eigenvalue weighted by molar-refractivity contribution is -0.131. The number of aromatic nitrogens is 3. The molecule has 0 saturated carbocycles. The molecule has 0 aliphatic carbocycles. The van der Waals surface area contributed by atoms with Crippen LogP contribution in [-0.4, -0.2) is 20.6 Å². The van der Waals surface area contributed by atoms with Crippen LogP contribution < -0.4 is 14.8 Å². The number of carbonyl (C=O) groups excluding carboxylic acids is 1. The number of para-hydroxylation sites is 1. The van der Waals surface area contributed by atoms with Gasteiger partial charge in [-0.25, -0.2) is 0 Å². The van der Waals surface area contributed by atoms with Crippen molar-refractivity contribution < 1.29 is 9.53 Å². The lowest BCUT2D eigenvalue weighted by atomic mass is 10.1. The molecule has 0 spiro atoms. The molecule has 0 bridgehead atoms. The van der Waals surface area contributed by atoms with Crippen LogP contribution in [0.3, 0.4) is 0 Å². The lowest BCUT2D eigenvalue weighted by Gasteiger charge is -2.04. The Morgan fingerprint density at radius 2 is 1.89 bits per heavy atom. The number of thiazole rings is 1. The first-order chi connectivity index (χ1) is 13.0. The van der Waals surface area contributed by atoms with Gasteiger partial charge in [0.2, 0.25) is 4.96 Å². The molecular weight excluding hydrogens is 362 g/mol. The molecule has 0 fully saturated rings. The first kappa shape index (κ1) is 17.1. The van der Waals surface area contributed by atoms with Crippen molar-refractivity contribution in [3.05, 3.63) is 74.5 Å². The van der Waals surface area contributed by atoms with Crippen LogP contribution in [0.4, 0.5) is 0 Å². The summed E-state index contributed by atoms with van der Waals surface area (Å²) in [6.07, 6.45) is 1.83. The zero-order valence-electron chi connectivity index (χ0n) is 14.7. The van der Waals surface area contributed by atoms with Crippen molar-refractivity contribution in [3.63, 3.8) is 0 Å². The fourth-order valence-electron chi connectivity index (χ4n) is 2.66. The number of esters is 1. The maximum absolute atomic E-state index is 12.7. The van der Waals surface area contributed by atoms with Crippen molar-refractivity contribution in [1.82, 2.24) is 14.6 Å². The maximum Gasteiger partial charge on any atom is 0.308 e. The summed E-state index contributed by atoms with van der Waals surface area (Å²) in [5.74, 6) is 0.280. The van der Waals surface area contributed by atoms with Gasteiger partial charge >= 0.3 is 5.97 Å². The van der Waals surface area contributed by atoms with Crippen LogP contribution >= 0.6 is 11.3 Å². The summed E-state index contributed by atoms with van der Waals surface area (Å²) in [5.41, 5.74) is 2.45. The normalized spacial score (nSPS) is 11.9. The van der Waals surface area contributed by atoms with Gasteiger partial charge in [-0.2, -0.15) is 9.50 Å². The second kappa shape index (κ2) is 6.77. The summed E-state index contributed by atoms with van der Waals surface area (Å²) in [6.45, 7) is 3.35. The van der Waals surface area contributed by atoms with Crippen LogP contribution in [0.25, 0.3) is 22.4 Å². The second-order valence-electron chi connectivity index (χ2n) is 6.05. The Kier molecular flexibility index (Phi) is 4.29. The topological polar surface area (TPSA) is 73.6 Å². The van der Waals surface area contributed by atoms with Gasteiger partial charge in [-0.15, -0.1) is 5.10 Å². The number of carbonyl (C=O) groups is 1. The monoisotopic (exact) mass is 377 g/mol. The van der Waals surface area contributed by atoms with E-state index >= 15 is 0 Å². The number of hydrogen-bond acceptors (Lipinski definition) is 6. The number of hydrogen-bond donors (Lipinski definition) is 0. The second-order valence-corrected chi connectivity index (χ2v) is 7.06. The first-order valence-electron chi connectivity index (χ1n) is 8.27. The minimum atomic E-state index is -0.428. The van der Waals surface area contributed by atoms with Crippen LogP contribution in [0.5, 0.6) is 5.75 Å². The Hall–Kier alpha value is -3.32. The molecule has 27 heavy (non-hydrogen) atoms. The molecular formula is C20H15N3O3S. The molecule has 0 radical (unpaired) electrons. The summed E-state index contributed by atoms with van der Waals surface area (Å²) in [7, 11) is 0. The van der Waals surface area contributed by atoms with Gasteiger partial charge in [0.1, 0.15) is 5.75 Å². The molecule has 134 valence electrons. The number of ether oxygens (including phenoxy) is 1. The number of aryl methyl sites for hydroxylation is 1. The van der Waals surface area contributed by atoms with Gasteiger partial charge in [0.05, 0.1) is 10.1 Å². The Morgan fingerprint density at radius 3 is 2.59 bits per heavy atom. The molecule has 0 saturated heterocycles. The van der Waals surface area contributed by atoms with Crippen LogP contribution in [0.1, 0.15) is 18.1 Å². The highest BCUT2D eigenvalue weighted by Gasteiger charge is 2.16. The van der Waals surface area contributed by atoms with Crippen molar-refractivity contribution in [2.75, 3.05) is 0 Å². The Balaban J connectivity index is 1.79. The molecule has 0 aliphatic rings. The fraction of sp³-hybridized carbons (Fsp3) is 0.100. The fourth-order valence-corrected chi connectivity index (χ4v) is 3.56. The van der Waals surface area contributed by atoms with E-state index in [2.05, 4.69) is 10.1 Å². The smallest absolute Gasteiger partial charge is 0.308 e. The quantitative estimate of drug-likeness (QED) is 0.405. The van der Waals surface area contributed by atoms with Crippen molar-refractivity contribution in [2.24, 2.45) is 0 Å². The maximum atomic E-state index is 12.7. The molecule has 6 nitrogen and oxygen atoms in total. The van der Waals surface area contributed by atoms with Crippen molar-refractivity contribution in [3.8, 4) is 17.1 Å². The summed E-state index contributed by atoms with van der Waals surface area (Å²) in [5, 5.41) is 4.32. The van der Waals surface area contributed by atoms with E-state index in [-0.39, 0.29) is 5.56 Å². The number of rotatable bonds is 3. The minimum absolute atomic E-state index is 0.223. The number of nitrogens with zero attached hydrogens (tertiary/aromatic N) is 3. The van der Waals surface area contributed by atoms with Gasteiger partial charge in [-0.1, -0.05) is 53.3 Å². The average molecular weight is 377 g/mol. The van der Waals surface area contributed by atoms with Gasteiger partial charge in [-0.05, 0) is 30.7 Å². The Labute approximate surface area is 158 Å². The van der Waals surface area contributed by atoms with Gasteiger partial charge in [0, 0.05) is 6.92 Å². The molecule has 7 heteroatoms. The highest BCUT2D eigenvalue weighted by atomic mass is 32.1. The predicted octanol–water partition coefficient (Wildman–Crippen LogP) is 2.60. The van der Waals surface area contributed by atoms with Gasteiger partial charge in [-0.3, -0.25) is 9.59 Å². The highest BCUT2D eigenvalue weighted by molar-refractivity contribution is 7.15. The first-order valence-corrected chi connectivity index (χ1v) is 9.09. The Morgan fingerprint density at radius 1 is 1.15 bits per heavy atom. The van der Waals surface area contributed by atoms with Crippen LogP contribution in [0, 0.1) is 6.92 Å². The molecule has 0 atom stereocenters. The standard InChI is InChI=1S/C20H15N3O3S/c1-12-7-9-14(10-8-12)11-17-19(25)23-20(27-17)21-18(22-23)15-5-3-4-6-16(15)26-13(2)24/h3-11H,1-2H3. The van der Waals surface area contributed by atoms with Crippen LogP contribution in [-0.2, 0) is 4.79 Å². The predicted molar refractivity (Wildman–Crippen MR) is 104 cm³/mol. The molecule has 4 aromatic rings. The van der Waals surface area contributed by atoms with E-state index < -0.39 is 5.97 Å². The van der Waals surface area contributed by atoms with E-state index in [0.29, 0.717) is 26.6 Å². The third-order valence-electron chi connectivity index (χ3n) is 3.94. The molecule has 0 unspecified atom stereocenters. The molecule has 2 aromatic heterocycles. The zero-order chi connectivity index (χ0) is 19.0.